The van der Waals surface area contributed by atoms with E-state index < -0.39 is 38.4 Å². The van der Waals surface area contributed by atoms with Crippen molar-refractivity contribution in [2.75, 3.05) is 24.2 Å². The average Bonchev–Trinajstić information content (AvgIpc) is 2.91. The maximum atomic E-state index is 14.7. The molecule has 0 radical (unpaired) electrons. The Bertz CT molecular complexity index is 1150. The molecule has 0 aliphatic carbocycles. The minimum Gasteiger partial charge on any atom is -0.477 e. The SMILES string of the molecule is CS(=O)(=O)O.C[C@H]1CN(c2nc3c(cc2F)c(=O)c(C(=O)O)cn3C(C)(C)C)C[C@@H]1N. The lowest BCUT2D eigenvalue weighted by molar-refractivity contribution is 0.0694. The number of hydrogen-bond acceptors (Lipinski definition) is 7. The molecule has 2 atom stereocenters. The highest BCUT2D eigenvalue weighted by Gasteiger charge is 2.30. The fraction of sp³-hybridized carbons (Fsp3) is 0.526. The van der Waals surface area contributed by atoms with Crippen molar-refractivity contribution >= 4 is 32.9 Å². The van der Waals surface area contributed by atoms with Gasteiger partial charge in [-0.1, -0.05) is 6.92 Å². The van der Waals surface area contributed by atoms with Crippen molar-refractivity contribution < 1.29 is 27.3 Å². The van der Waals surface area contributed by atoms with Gasteiger partial charge in [0.15, 0.2) is 11.6 Å². The quantitative estimate of drug-likeness (QED) is 0.564. The number of aromatic nitrogens is 2. The van der Waals surface area contributed by atoms with Gasteiger partial charge < -0.3 is 20.3 Å². The molecule has 1 aliphatic rings. The Kier molecular flexibility index (Phi) is 6.79. The monoisotopic (exact) mass is 458 g/mol. The number of rotatable bonds is 2. The second-order valence-corrected chi connectivity index (χ2v) is 10.1. The highest BCUT2D eigenvalue weighted by molar-refractivity contribution is 7.85. The van der Waals surface area contributed by atoms with Crippen LogP contribution in [0.25, 0.3) is 11.0 Å². The van der Waals surface area contributed by atoms with Crippen LogP contribution < -0.4 is 16.1 Å². The first-order chi connectivity index (χ1) is 14.0. The minimum atomic E-state index is -3.67. The molecule has 10 nitrogen and oxygen atoms in total. The van der Waals surface area contributed by atoms with E-state index in [0.717, 1.165) is 6.07 Å². The Morgan fingerprint density at radius 1 is 1.32 bits per heavy atom. The molecule has 0 bridgehead atoms. The lowest BCUT2D eigenvalue weighted by Gasteiger charge is -2.26. The Labute approximate surface area is 179 Å². The Hall–Kier alpha value is -2.57. The van der Waals surface area contributed by atoms with Crippen molar-refractivity contribution in [3.8, 4) is 0 Å². The number of aromatic carboxylic acids is 1. The molecule has 1 saturated heterocycles. The van der Waals surface area contributed by atoms with Gasteiger partial charge in [0.2, 0.25) is 5.43 Å². The highest BCUT2D eigenvalue weighted by Crippen LogP contribution is 2.28. The fourth-order valence-corrected chi connectivity index (χ4v) is 3.26. The lowest BCUT2D eigenvalue weighted by atomic mass is 10.1. The molecule has 0 saturated carbocycles. The van der Waals surface area contributed by atoms with Gasteiger partial charge >= 0.3 is 5.97 Å². The van der Waals surface area contributed by atoms with Crippen molar-refractivity contribution in [3.05, 3.63) is 33.9 Å². The number of carboxylic acids is 1. The second-order valence-electron chi connectivity index (χ2n) is 8.66. The van der Waals surface area contributed by atoms with Crippen LogP contribution in [0, 0.1) is 11.7 Å². The molecule has 1 fully saturated rings. The van der Waals surface area contributed by atoms with Crippen molar-refractivity contribution in [1.29, 1.82) is 0 Å². The van der Waals surface area contributed by atoms with Crippen molar-refractivity contribution in [2.24, 2.45) is 11.7 Å². The summed E-state index contributed by atoms with van der Waals surface area (Å²) in [6.07, 6.45) is 1.99. The van der Waals surface area contributed by atoms with Gasteiger partial charge in [-0.05, 0) is 32.8 Å². The summed E-state index contributed by atoms with van der Waals surface area (Å²) in [6, 6.07) is 1.01. The van der Waals surface area contributed by atoms with Crippen LogP contribution in [0.2, 0.25) is 0 Å². The van der Waals surface area contributed by atoms with Crippen LogP contribution in [-0.4, -0.2) is 59.0 Å². The summed E-state index contributed by atoms with van der Waals surface area (Å²) >= 11 is 0. The van der Waals surface area contributed by atoms with E-state index in [-0.39, 0.29) is 28.8 Å². The first kappa shape index (κ1) is 24.7. The number of nitrogens with two attached hydrogens (primary N) is 1. The molecule has 31 heavy (non-hydrogen) atoms. The van der Waals surface area contributed by atoms with Gasteiger partial charge in [-0.15, -0.1) is 0 Å². The van der Waals surface area contributed by atoms with Gasteiger partial charge in [0.1, 0.15) is 11.2 Å². The summed E-state index contributed by atoms with van der Waals surface area (Å²) in [6.45, 7) is 8.63. The van der Waals surface area contributed by atoms with Crippen LogP contribution in [-0.2, 0) is 15.7 Å². The van der Waals surface area contributed by atoms with E-state index in [1.165, 1.54) is 6.20 Å². The van der Waals surface area contributed by atoms with Gasteiger partial charge in [0.25, 0.3) is 10.1 Å². The predicted octanol–water partition coefficient (Wildman–Crippen LogP) is 1.28. The van der Waals surface area contributed by atoms with Crippen LogP contribution in [0.5, 0.6) is 0 Å². The average molecular weight is 459 g/mol. The fourth-order valence-electron chi connectivity index (χ4n) is 3.26. The molecule has 12 heteroatoms. The number of pyridine rings is 2. The number of fused-ring (bicyclic) bond motifs is 1. The van der Waals surface area contributed by atoms with Crippen molar-refractivity contribution in [1.82, 2.24) is 9.55 Å². The Balaban J connectivity index is 0.000000614. The first-order valence-electron chi connectivity index (χ1n) is 9.43. The van der Waals surface area contributed by atoms with Crippen LogP contribution >= 0.6 is 0 Å². The number of carbonyl (C=O) groups is 1. The van der Waals surface area contributed by atoms with Crippen LogP contribution in [0.15, 0.2) is 17.1 Å². The lowest BCUT2D eigenvalue weighted by Crippen LogP contribution is -2.31. The Morgan fingerprint density at radius 3 is 2.29 bits per heavy atom. The van der Waals surface area contributed by atoms with E-state index in [4.69, 9.17) is 10.3 Å². The van der Waals surface area contributed by atoms with Crippen molar-refractivity contribution in [3.63, 3.8) is 0 Å². The summed E-state index contributed by atoms with van der Waals surface area (Å²) in [5, 5.41) is 9.28. The zero-order chi connectivity index (χ0) is 23.9. The zero-order valence-electron chi connectivity index (χ0n) is 18.0. The van der Waals surface area contributed by atoms with Gasteiger partial charge in [-0.3, -0.25) is 9.35 Å². The highest BCUT2D eigenvalue weighted by atomic mass is 32.2. The van der Waals surface area contributed by atoms with Gasteiger partial charge in [-0.25, -0.2) is 14.2 Å². The summed E-state index contributed by atoms with van der Waals surface area (Å²) in [4.78, 5) is 30.1. The minimum absolute atomic E-state index is 0.0439. The summed E-state index contributed by atoms with van der Waals surface area (Å²) in [5.74, 6) is -1.67. The number of nitrogens with zero attached hydrogens (tertiary/aromatic N) is 3. The molecule has 2 aromatic rings. The van der Waals surface area contributed by atoms with Gasteiger partial charge in [0, 0.05) is 30.9 Å². The molecule has 2 aromatic heterocycles. The third-order valence-corrected chi connectivity index (χ3v) is 4.84. The molecule has 0 amide bonds. The number of anilines is 1. The first-order valence-corrected chi connectivity index (χ1v) is 11.3. The molecule has 3 heterocycles. The van der Waals surface area contributed by atoms with Gasteiger partial charge in [-0.2, -0.15) is 8.42 Å². The van der Waals surface area contributed by atoms with E-state index in [9.17, 15) is 27.5 Å². The number of hydrogen-bond donors (Lipinski definition) is 3. The van der Waals surface area contributed by atoms with Crippen LogP contribution in [0.3, 0.4) is 0 Å². The standard InChI is InChI=1S/C18H23FN4O3.CH4O3S/c1-9-6-22(8-13(9)20)16-12(19)5-10-14(24)11(17(25)26)7-23(15(10)21-16)18(2,3)4;1-5(2,3)4/h5,7,9,13H,6,8,20H2,1-4H3,(H,25,26);1H3,(H,2,3,4)/t9-,13-;/m0./s1. The second kappa shape index (κ2) is 8.52. The predicted molar refractivity (Wildman–Crippen MR) is 115 cm³/mol. The maximum absolute atomic E-state index is 14.7. The molecule has 172 valence electrons. The smallest absolute Gasteiger partial charge is 0.341 e. The summed E-state index contributed by atoms with van der Waals surface area (Å²) < 4.78 is 42.2. The van der Waals surface area contributed by atoms with Crippen molar-refractivity contribution in [2.45, 2.75) is 39.3 Å². The van der Waals surface area contributed by atoms with Crippen LogP contribution in [0.4, 0.5) is 10.2 Å². The Morgan fingerprint density at radius 2 is 1.87 bits per heavy atom. The topological polar surface area (TPSA) is 156 Å². The molecule has 0 spiro atoms. The molecule has 0 aromatic carbocycles. The molecule has 3 rings (SSSR count). The normalized spacial score (nSPS) is 19.3. The zero-order valence-corrected chi connectivity index (χ0v) is 18.8. The largest absolute Gasteiger partial charge is 0.477 e. The van der Waals surface area contributed by atoms with E-state index in [1.807, 2.05) is 27.7 Å². The molecule has 1 aliphatic heterocycles. The van der Waals surface area contributed by atoms with E-state index in [1.54, 1.807) is 9.47 Å². The van der Waals surface area contributed by atoms with Gasteiger partial charge in [0.05, 0.1) is 11.6 Å². The summed E-state index contributed by atoms with van der Waals surface area (Å²) in [7, 11) is -3.67. The number of carboxylic acid groups (broad SMARTS) is 1. The third kappa shape index (κ3) is 5.77. The number of halogens is 1. The molecular formula is C19H27FN4O6S. The molecular weight excluding hydrogens is 431 g/mol. The van der Waals surface area contributed by atoms with E-state index in [2.05, 4.69) is 4.98 Å². The maximum Gasteiger partial charge on any atom is 0.341 e. The summed E-state index contributed by atoms with van der Waals surface area (Å²) in [5.41, 5.74) is 4.60. The molecule has 0 unspecified atom stereocenters. The van der Waals surface area contributed by atoms with Crippen LogP contribution in [0.1, 0.15) is 38.1 Å². The van der Waals surface area contributed by atoms with E-state index >= 15 is 0 Å². The molecule has 4 N–H and O–H groups in total. The third-order valence-electron chi connectivity index (χ3n) is 4.84. The van der Waals surface area contributed by atoms with E-state index in [0.29, 0.717) is 19.3 Å².